The van der Waals surface area contributed by atoms with Gasteiger partial charge in [-0.2, -0.15) is 0 Å². The summed E-state index contributed by atoms with van der Waals surface area (Å²) >= 11 is 0. The molecule has 116 valence electrons. The lowest BCUT2D eigenvalue weighted by atomic mass is 10.2. The standard InChI is InChI=1S/C18H18N4O/c1-22(2)17-12-16(14-10-6-7-11-15(14)20-17)21-18(23)19-13-8-4-3-5-9-13/h3-12H,1-2H3,(H2,19,20,21,23). The number of urea groups is 1. The molecule has 2 amide bonds. The number of benzene rings is 2. The summed E-state index contributed by atoms with van der Waals surface area (Å²) in [7, 11) is 3.84. The summed E-state index contributed by atoms with van der Waals surface area (Å²) in [5.41, 5.74) is 2.32. The van der Waals surface area contributed by atoms with Gasteiger partial charge in [-0.25, -0.2) is 9.78 Å². The van der Waals surface area contributed by atoms with Gasteiger partial charge in [0, 0.05) is 31.2 Å². The van der Waals surface area contributed by atoms with Crippen molar-refractivity contribution < 1.29 is 4.79 Å². The minimum atomic E-state index is -0.280. The molecule has 3 aromatic rings. The van der Waals surface area contributed by atoms with Crippen molar-refractivity contribution in [2.75, 3.05) is 29.6 Å². The molecule has 0 aliphatic rings. The molecule has 1 aromatic heterocycles. The summed E-state index contributed by atoms with van der Waals surface area (Å²) in [5.74, 6) is 0.790. The third-order valence-corrected chi connectivity index (χ3v) is 3.44. The highest BCUT2D eigenvalue weighted by atomic mass is 16.2. The molecule has 0 saturated carbocycles. The van der Waals surface area contributed by atoms with E-state index in [1.807, 2.05) is 79.7 Å². The Hall–Kier alpha value is -3.08. The molecule has 0 aliphatic carbocycles. The first-order valence-corrected chi connectivity index (χ1v) is 7.33. The predicted molar refractivity (Wildman–Crippen MR) is 95.2 cm³/mol. The van der Waals surface area contributed by atoms with Crippen molar-refractivity contribution in [2.24, 2.45) is 0 Å². The molecule has 2 aromatic carbocycles. The number of hydrogen-bond donors (Lipinski definition) is 2. The third kappa shape index (κ3) is 3.40. The monoisotopic (exact) mass is 306 g/mol. The molecule has 3 rings (SSSR count). The zero-order valence-corrected chi connectivity index (χ0v) is 13.1. The van der Waals surface area contributed by atoms with Gasteiger partial charge < -0.3 is 15.5 Å². The van der Waals surface area contributed by atoms with Crippen molar-refractivity contribution in [3.05, 3.63) is 60.7 Å². The van der Waals surface area contributed by atoms with E-state index in [0.29, 0.717) is 0 Å². The molecule has 0 bridgehead atoms. The number of carbonyl (C=O) groups excluding carboxylic acids is 1. The normalized spacial score (nSPS) is 10.3. The number of nitrogens with one attached hydrogen (secondary N) is 2. The third-order valence-electron chi connectivity index (χ3n) is 3.44. The van der Waals surface area contributed by atoms with E-state index in [2.05, 4.69) is 15.6 Å². The first kappa shape index (κ1) is 14.8. The second-order valence-electron chi connectivity index (χ2n) is 5.38. The van der Waals surface area contributed by atoms with Crippen LogP contribution in [0.1, 0.15) is 0 Å². The molecule has 0 fully saturated rings. The average molecular weight is 306 g/mol. The number of para-hydroxylation sites is 2. The first-order valence-electron chi connectivity index (χ1n) is 7.33. The van der Waals surface area contributed by atoms with E-state index >= 15 is 0 Å². The molecular formula is C18H18N4O. The number of nitrogens with zero attached hydrogens (tertiary/aromatic N) is 2. The Kier molecular flexibility index (Phi) is 4.10. The topological polar surface area (TPSA) is 57.3 Å². The molecule has 5 heteroatoms. The molecule has 0 aliphatic heterocycles. The van der Waals surface area contributed by atoms with E-state index in [0.717, 1.165) is 28.1 Å². The summed E-state index contributed by atoms with van der Waals surface area (Å²) in [4.78, 5) is 18.7. The van der Waals surface area contributed by atoms with Crippen LogP contribution in [0.5, 0.6) is 0 Å². The lowest BCUT2D eigenvalue weighted by Crippen LogP contribution is -2.20. The lowest BCUT2D eigenvalue weighted by Gasteiger charge is -2.16. The maximum Gasteiger partial charge on any atom is 0.323 e. The number of fused-ring (bicyclic) bond motifs is 1. The molecule has 1 heterocycles. The molecule has 0 atom stereocenters. The smallest absolute Gasteiger partial charge is 0.323 e. The van der Waals surface area contributed by atoms with Gasteiger partial charge in [-0.1, -0.05) is 36.4 Å². The zero-order valence-electron chi connectivity index (χ0n) is 13.1. The highest BCUT2D eigenvalue weighted by Crippen LogP contribution is 2.26. The fraction of sp³-hybridized carbons (Fsp3) is 0.111. The Morgan fingerprint density at radius 1 is 0.957 bits per heavy atom. The van der Waals surface area contributed by atoms with Crippen LogP contribution >= 0.6 is 0 Å². The molecule has 5 nitrogen and oxygen atoms in total. The molecule has 0 spiro atoms. The van der Waals surface area contributed by atoms with E-state index in [9.17, 15) is 4.79 Å². The van der Waals surface area contributed by atoms with E-state index < -0.39 is 0 Å². The van der Waals surface area contributed by atoms with Gasteiger partial charge in [0.15, 0.2) is 0 Å². The van der Waals surface area contributed by atoms with Crippen LogP contribution < -0.4 is 15.5 Å². The Bertz CT molecular complexity index is 831. The van der Waals surface area contributed by atoms with Gasteiger partial charge >= 0.3 is 6.03 Å². The molecular weight excluding hydrogens is 288 g/mol. The van der Waals surface area contributed by atoms with Crippen molar-refractivity contribution in [1.82, 2.24) is 4.98 Å². The maximum atomic E-state index is 12.3. The van der Waals surface area contributed by atoms with Gasteiger partial charge in [-0.3, -0.25) is 0 Å². The van der Waals surface area contributed by atoms with E-state index in [4.69, 9.17) is 0 Å². The summed E-state index contributed by atoms with van der Waals surface area (Å²) in [6.07, 6.45) is 0. The summed E-state index contributed by atoms with van der Waals surface area (Å²) in [6.45, 7) is 0. The number of amides is 2. The van der Waals surface area contributed by atoms with Crippen LogP contribution in [0.25, 0.3) is 10.9 Å². The number of hydrogen-bond acceptors (Lipinski definition) is 3. The highest BCUT2D eigenvalue weighted by molar-refractivity contribution is 6.06. The molecule has 0 radical (unpaired) electrons. The van der Waals surface area contributed by atoms with Crippen molar-refractivity contribution in [1.29, 1.82) is 0 Å². The number of carbonyl (C=O) groups is 1. The Morgan fingerprint density at radius 2 is 1.65 bits per heavy atom. The largest absolute Gasteiger partial charge is 0.363 e. The SMILES string of the molecule is CN(C)c1cc(NC(=O)Nc2ccccc2)c2ccccc2n1. The summed E-state index contributed by atoms with van der Waals surface area (Å²) in [6, 6.07) is 18.7. The van der Waals surface area contributed by atoms with E-state index in [-0.39, 0.29) is 6.03 Å². The Morgan fingerprint density at radius 3 is 2.39 bits per heavy atom. The molecule has 23 heavy (non-hydrogen) atoms. The van der Waals surface area contributed by atoms with Crippen LogP contribution in [-0.2, 0) is 0 Å². The fourth-order valence-corrected chi connectivity index (χ4v) is 2.30. The van der Waals surface area contributed by atoms with Gasteiger partial charge in [0.1, 0.15) is 5.82 Å². The zero-order chi connectivity index (χ0) is 16.2. The highest BCUT2D eigenvalue weighted by Gasteiger charge is 2.10. The molecule has 2 N–H and O–H groups in total. The number of pyridine rings is 1. The number of rotatable bonds is 3. The van der Waals surface area contributed by atoms with Crippen molar-refractivity contribution in [2.45, 2.75) is 0 Å². The second-order valence-corrected chi connectivity index (χ2v) is 5.38. The predicted octanol–water partition coefficient (Wildman–Crippen LogP) is 3.94. The van der Waals surface area contributed by atoms with Crippen LogP contribution in [0.15, 0.2) is 60.7 Å². The van der Waals surface area contributed by atoms with Crippen LogP contribution in [-0.4, -0.2) is 25.1 Å². The van der Waals surface area contributed by atoms with Crippen molar-refractivity contribution >= 4 is 34.1 Å². The second kappa shape index (κ2) is 6.36. The minimum Gasteiger partial charge on any atom is -0.363 e. The summed E-state index contributed by atoms with van der Waals surface area (Å²) in [5, 5.41) is 6.64. The number of anilines is 3. The van der Waals surface area contributed by atoms with Gasteiger partial charge in [-0.05, 0) is 18.2 Å². The van der Waals surface area contributed by atoms with Gasteiger partial charge in [-0.15, -0.1) is 0 Å². The van der Waals surface area contributed by atoms with Crippen LogP contribution in [0, 0.1) is 0 Å². The van der Waals surface area contributed by atoms with Gasteiger partial charge in [0.25, 0.3) is 0 Å². The quantitative estimate of drug-likeness (QED) is 0.770. The minimum absolute atomic E-state index is 0.280. The number of aromatic nitrogens is 1. The van der Waals surface area contributed by atoms with Crippen molar-refractivity contribution in [3.63, 3.8) is 0 Å². The first-order chi connectivity index (χ1) is 11.1. The van der Waals surface area contributed by atoms with Gasteiger partial charge in [0.2, 0.25) is 0 Å². The van der Waals surface area contributed by atoms with E-state index in [1.54, 1.807) is 0 Å². The van der Waals surface area contributed by atoms with Crippen LogP contribution in [0.3, 0.4) is 0 Å². The maximum absolute atomic E-state index is 12.3. The Labute approximate surface area is 135 Å². The van der Waals surface area contributed by atoms with Crippen LogP contribution in [0.2, 0.25) is 0 Å². The average Bonchev–Trinajstić information content (AvgIpc) is 2.55. The Balaban J connectivity index is 1.90. The molecule has 0 unspecified atom stereocenters. The lowest BCUT2D eigenvalue weighted by molar-refractivity contribution is 0.262. The fourth-order valence-electron chi connectivity index (χ4n) is 2.30. The van der Waals surface area contributed by atoms with Crippen LogP contribution in [0.4, 0.5) is 22.0 Å². The van der Waals surface area contributed by atoms with Gasteiger partial charge in [0.05, 0.1) is 11.2 Å². The van der Waals surface area contributed by atoms with E-state index in [1.165, 1.54) is 0 Å². The molecule has 0 saturated heterocycles. The van der Waals surface area contributed by atoms with Crippen molar-refractivity contribution in [3.8, 4) is 0 Å². The summed E-state index contributed by atoms with van der Waals surface area (Å²) < 4.78 is 0.